The molecule has 0 radical (unpaired) electrons. The minimum atomic E-state index is 0.419. The van der Waals surface area contributed by atoms with Crippen LogP contribution in [0.4, 0.5) is 0 Å². The predicted molar refractivity (Wildman–Crippen MR) is 218 cm³/mol. The SMILES string of the molecule is C1CCC(C2CCC(C3NC(C4CCC(C5CCCCC5)CC4)NC(C4CCCC5C6CC(C7CCCCC7)C7CCCCC7C6OC45)N3)CC2)CC1. The molecule has 0 amide bonds. The van der Waals surface area contributed by atoms with Crippen molar-refractivity contribution in [1.82, 2.24) is 16.0 Å². The molecule has 2 heterocycles. The first kappa shape index (κ1) is 37.1. The third kappa shape index (κ3) is 7.76. The van der Waals surface area contributed by atoms with Crippen molar-refractivity contribution < 1.29 is 4.74 Å². The van der Waals surface area contributed by atoms with Crippen molar-refractivity contribution in [3.05, 3.63) is 0 Å². The van der Waals surface area contributed by atoms with Gasteiger partial charge in [0.25, 0.3) is 0 Å². The van der Waals surface area contributed by atoms with Gasteiger partial charge in [0, 0.05) is 5.92 Å². The summed E-state index contributed by atoms with van der Waals surface area (Å²) in [5.74, 6) is 11.9. The number of hydrogen-bond acceptors (Lipinski definition) is 4. The van der Waals surface area contributed by atoms with Gasteiger partial charge < -0.3 is 4.74 Å². The van der Waals surface area contributed by atoms with Crippen molar-refractivity contribution in [2.75, 3.05) is 0 Å². The Hall–Kier alpha value is -0.160. The average Bonchev–Trinajstić information content (AvgIpc) is 3.63. The molecule has 8 aliphatic carbocycles. The molecule has 8 saturated carbocycles. The Bertz CT molecular complexity index is 1100. The summed E-state index contributed by atoms with van der Waals surface area (Å²) < 4.78 is 7.66. The lowest BCUT2D eigenvalue weighted by Gasteiger charge is -2.51. The molecule has 0 spiro atoms. The second-order valence-corrected chi connectivity index (χ2v) is 22.0. The molecule has 10 fully saturated rings. The monoisotopic (exact) mass is 730 g/mol. The maximum atomic E-state index is 7.66. The smallest absolute Gasteiger partial charge is 0.0666 e. The molecular formula is C49H83N3O. The summed E-state index contributed by atoms with van der Waals surface area (Å²) in [7, 11) is 0. The topological polar surface area (TPSA) is 45.3 Å². The van der Waals surface area contributed by atoms with E-state index >= 15 is 0 Å². The first-order valence-electron chi connectivity index (χ1n) is 25.2. The molecular weight excluding hydrogens is 647 g/mol. The van der Waals surface area contributed by atoms with Crippen molar-refractivity contribution in [3.63, 3.8) is 0 Å². The minimum absolute atomic E-state index is 0.419. The highest BCUT2D eigenvalue weighted by molar-refractivity contribution is 5.08. The molecule has 2 aliphatic heterocycles. The molecule has 300 valence electrons. The van der Waals surface area contributed by atoms with Gasteiger partial charge in [0.1, 0.15) is 0 Å². The van der Waals surface area contributed by atoms with Crippen LogP contribution in [0.15, 0.2) is 0 Å². The van der Waals surface area contributed by atoms with E-state index in [1.54, 1.807) is 12.8 Å². The summed E-state index contributed by atoms with van der Waals surface area (Å²) in [5.41, 5.74) is 0. The molecule has 0 aromatic carbocycles. The van der Waals surface area contributed by atoms with Crippen LogP contribution in [-0.4, -0.2) is 30.7 Å². The number of hydrogen-bond donors (Lipinski definition) is 3. The van der Waals surface area contributed by atoms with Gasteiger partial charge >= 0.3 is 0 Å². The number of rotatable bonds is 6. The zero-order valence-electron chi connectivity index (χ0n) is 34.2. The van der Waals surface area contributed by atoms with Gasteiger partial charge in [-0.15, -0.1) is 0 Å². The van der Waals surface area contributed by atoms with E-state index < -0.39 is 0 Å². The van der Waals surface area contributed by atoms with Crippen molar-refractivity contribution in [1.29, 1.82) is 0 Å². The van der Waals surface area contributed by atoms with Gasteiger partial charge in [-0.25, -0.2) is 0 Å². The van der Waals surface area contributed by atoms with E-state index in [1.807, 2.05) is 0 Å². The minimum Gasteiger partial charge on any atom is -0.374 e. The van der Waals surface area contributed by atoms with E-state index in [9.17, 15) is 0 Å². The predicted octanol–water partition coefficient (Wildman–Crippen LogP) is 11.7. The Morgan fingerprint density at radius 2 is 0.623 bits per heavy atom. The van der Waals surface area contributed by atoms with Crippen molar-refractivity contribution in [3.8, 4) is 0 Å². The van der Waals surface area contributed by atoms with Crippen LogP contribution in [0.3, 0.4) is 0 Å². The van der Waals surface area contributed by atoms with E-state index in [-0.39, 0.29) is 0 Å². The fourth-order valence-corrected chi connectivity index (χ4v) is 16.9. The normalized spacial score (nSPS) is 49.5. The summed E-state index contributed by atoms with van der Waals surface area (Å²) in [5, 5.41) is 13.2. The Morgan fingerprint density at radius 1 is 0.245 bits per heavy atom. The van der Waals surface area contributed by atoms with E-state index in [1.165, 1.54) is 186 Å². The van der Waals surface area contributed by atoms with E-state index in [2.05, 4.69) is 16.0 Å². The van der Waals surface area contributed by atoms with Crippen molar-refractivity contribution in [2.45, 2.75) is 230 Å². The van der Waals surface area contributed by atoms with E-state index in [0.29, 0.717) is 36.6 Å². The van der Waals surface area contributed by atoms with Gasteiger partial charge in [-0.05, 0) is 154 Å². The highest BCUT2D eigenvalue weighted by Gasteiger charge is 2.59. The fraction of sp³-hybridized carbons (Fsp3) is 1.00. The zero-order chi connectivity index (χ0) is 35.1. The van der Waals surface area contributed by atoms with Gasteiger partial charge in [0.2, 0.25) is 0 Å². The van der Waals surface area contributed by atoms with Crippen LogP contribution in [0.2, 0.25) is 0 Å². The maximum absolute atomic E-state index is 7.66. The second kappa shape index (κ2) is 17.0. The molecule has 4 heteroatoms. The maximum Gasteiger partial charge on any atom is 0.0666 e. The average molecular weight is 730 g/mol. The summed E-state index contributed by atoms with van der Waals surface area (Å²) in [6.45, 7) is 0. The molecule has 4 nitrogen and oxygen atoms in total. The van der Waals surface area contributed by atoms with Gasteiger partial charge in [-0.3, -0.25) is 16.0 Å². The van der Waals surface area contributed by atoms with Crippen LogP contribution in [0.5, 0.6) is 0 Å². The van der Waals surface area contributed by atoms with E-state index in [0.717, 1.165) is 71.0 Å². The zero-order valence-corrected chi connectivity index (χ0v) is 34.2. The van der Waals surface area contributed by atoms with Crippen LogP contribution in [-0.2, 0) is 4.74 Å². The standard InChI is InChI=1S/C49H83N3O/c1-4-13-32(14-5-1)34-23-27-37(28-24-34)47-50-48(38-29-25-35(26-30-38)33-15-6-2-7-16-33)52-49(51-47)42-22-12-21-41-44-31-43(36-17-8-3-9-18-36)39-19-10-11-20-40(39)46(44)53-45(41)42/h32-52H,1-31H2. The third-order valence-corrected chi connectivity index (χ3v) is 19.6. The first-order chi connectivity index (χ1) is 26.3. The summed E-state index contributed by atoms with van der Waals surface area (Å²) in [6, 6.07) is 0. The van der Waals surface area contributed by atoms with Crippen molar-refractivity contribution in [2.24, 2.45) is 76.9 Å². The lowest BCUT2D eigenvalue weighted by molar-refractivity contribution is -0.102. The summed E-state index contributed by atoms with van der Waals surface area (Å²) in [4.78, 5) is 0. The molecule has 0 bridgehead atoms. The second-order valence-electron chi connectivity index (χ2n) is 22.0. The Kier molecular flexibility index (Phi) is 11.9. The van der Waals surface area contributed by atoms with Crippen molar-refractivity contribution >= 4 is 0 Å². The van der Waals surface area contributed by atoms with Crippen LogP contribution in [0.25, 0.3) is 0 Å². The molecule has 10 atom stereocenters. The molecule has 0 aromatic heterocycles. The quantitative estimate of drug-likeness (QED) is 0.255. The Morgan fingerprint density at radius 3 is 1.19 bits per heavy atom. The lowest BCUT2D eigenvalue weighted by atomic mass is 9.54. The molecule has 2 saturated heterocycles. The Labute approximate surface area is 326 Å². The van der Waals surface area contributed by atoms with Crippen LogP contribution >= 0.6 is 0 Å². The van der Waals surface area contributed by atoms with E-state index in [4.69, 9.17) is 4.74 Å². The van der Waals surface area contributed by atoms with Crippen LogP contribution in [0, 0.1) is 76.9 Å². The van der Waals surface area contributed by atoms with Gasteiger partial charge in [0.15, 0.2) is 0 Å². The van der Waals surface area contributed by atoms with Crippen LogP contribution in [0.1, 0.15) is 199 Å². The molecule has 0 aromatic rings. The van der Waals surface area contributed by atoms with Gasteiger partial charge in [-0.2, -0.15) is 0 Å². The third-order valence-electron chi connectivity index (χ3n) is 19.6. The largest absolute Gasteiger partial charge is 0.374 e. The van der Waals surface area contributed by atoms with Gasteiger partial charge in [0.05, 0.1) is 30.7 Å². The summed E-state index contributed by atoms with van der Waals surface area (Å²) >= 11 is 0. The fourth-order valence-electron chi connectivity index (χ4n) is 16.9. The number of fused-ring (bicyclic) bond motifs is 5. The van der Waals surface area contributed by atoms with Gasteiger partial charge in [-0.1, -0.05) is 116 Å². The molecule has 53 heavy (non-hydrogen) atoms. The highest BCUT2D eigenvalue weighted by atomic mass is 16.5. The molecule has 10 rings (SSSR count). The Balaban J connectivity index is 0.857. The summed E-state index contributed by atoms with van der Waals surface area (Å²) in [6.07, 6.45) is 48.7. The molecule has 10 unspecified atom stereocenters. The number of nitrogens with one attached hydrogen (secondary N) is 3. The first-order valence-corrected chi connectivity index (χ1v) is 25.2. The molecule has 10 aliphatic rings. The lowest BCUT2D eigenvalue weighted by Crippen LogP contribution is -2.73. The highest BCUT2D eigenvalue weighted by Crippen LogP contribution is 2.59. The van der Waals surface area contributed by atoms with Crippen LogP contribution < -0.4 is 16.0 Å². The number of ether oxygens (including phenoxy) is 1. The molecule has 3 N–H and O–H groups in total.